The van der Waals surface area contributed by atoms with Crippen LogP contribution in [0, 0.1) is 11.3 Å². The van der Waals surface area contributed by atoms with Gasteiger partial charge in [-0.1, -0.05) is 42.5 Å². The molecular weight excluding hydrogens is 388 g/mol. The molecule has 0 radical (unpaired) electrons. The monoisotopic (exact) mass is 410 g/mol. The lowest BCUT2D eigenvalue weighted by molar-refractivity contribution is -0.133. The molecule has 0 bridgehead atoms. The number of nitrogens with zero attached hydrogens (tertiary/aromatic N) is 5. The first-order chi connectivity index (χ1) is 15.2. The molecule has 2 heterocycles. The summed E-state index contributed by atoms with van der Waals surface area (Å²) in [6.45, 7) is 5.51. The minimum atomic E-state index is -0.473. The third-order valence-corrected chi connectivity index (χ3v) is 5.12. The third-order valence-electron chi connectivity index (χ3n) is 5.12. The Balaban J connectivity index is 1.65. The molecule has 7 nitrogen and oxygen atoms in total. The van der Waals surface area contributed by atoms with Crippen molar-refractivity contribution in [2.24, 2.45) is 0 Å². The van der Waals surface area contributed by atoms with Crippen molar-refractivity contribution >= 4 is 23.4 Å². The number of hydrogen-bond donors (Lipinski definition) is 1. The van der Waals surface area contributed by atoms with Crippen LogP contribution in [0.4, 0.5) is 17.5 Å². The van der Waals surface area contributed by atoms with Gasteiger partial charge in [-0.05, 0) is 29.8 Å². The van der Waals surface area contributed by atoms with E-state index in [1.54, 1.807) is 30.5 Å². The van der Waals surface area contributed by atoms with E-state index in [-0.39, 0.29) is 5.91 Å². The molecule has 0 spiro atoms. The fraction of sp³-hybridized carbons (Fsp3) is 0.167. The van der Waals surface area contributed by atoms with Crippen LogP contribution in [0.1, 0.15) is 17.2 Å². The molecular formula is C24H22N6O. The van der Waals surface area contributed by atoms with Gasteiger partial charge in [0.2, 0.25) is 11.9 Å². The van der Waals surface area contributed by atoms with Crippen molar-refractivity contribution in [1.82, 2.24) is 14.9 Å². The highest BCUT2D eigenvalue weighted by Gasteiger charge is 2.36. The number of nitrogens with one attached hydrogen (secondary N) is 1. The summed E-state index contributed by atoms with van der Waals surface area (Å²) in [6.07, 6.45) is 3.42. The number of aromatic nitrogens is 2. The first-order valence-electron chi connectivity index (χ1n) is 10.0. The molecule has 1 unspecified atom stereocenters. The number of rotatable bonds is 6. The first kappa shape index (κ1) is 20.1. The predicted molar refractivity (Wildman–Crippen MR) is 120 cm³/mol. The number of hydrogen-bond acceptors (Lipinski definition) is 6. The van der Waals surface area contributed by atoms with Gasteiger partial charge in [-0.25, -0.2) is 4.98 Å². The molecule has 4 rings (SSSR count). The number of anilines is 3. The Morgan fingerprint density at radius 3 is 2.77 bits per heavy atom. The molecule has 1 aliphatic heterocycles. The number of carbonyl (C=O) groups is 1. The number of benzene rings is 2. The Labute approximate surface area is 181 Å². The highest BCUT2D eigenvalue weighted by molar-refractivity contribution is 5.88. The second-order valence-corrected chi connectivity index (χ2v) is 7.14. The van der Waals surface area contributed by atoms with E-state index in [4.69, 9.17) is 5.26 Å². The maximum atomic E-state index is 13.3. The maximum Gasteiger partial charge on any atom is 0.250 e. The zero-order valence-corrected chi connectivity index (χ0v) is 17.0. The fourth-order valence-corrected chi connectivity index (χ4v) is 3.68. The summed E-state index contributed by atoms with van der Waals surface area (Å²) in [5, 5.41) is 12.3. The minimum absolute atomic E-state index is 0.0205. The van der Waals surface area contributed by atoms with Gasteiger partial charge >= 0.3 is 0 Å². The van der Waals surface area contributed by atoms with E-state index in [9.17, 15) is 4.79 Å². The van der Waals surface area contributed by atoms with Gasteiger partial charge in [-0.3, -0.25) is 4.79 Å². The van der Waals surface area contributed by atoms with E-state index in [0.29, 0.717) is 37.0 Å². The van der Waals surface area contributed by atoms with E-state index in [1.807, 2.05) is 52.3 Å². The van der Waals surface area contributed by atoms with Gasteiger partial charge < -0.3 is 15.1 Å². The van der Waals surface area contributed by atoms with E-state index in [2.05, 4.69) is 27.9 Å². The minimum Gasteiger partial charge on any atom is -0.339 e. The Bertz CT molecular complexity index is 1120. The van der Waals surface area contributed by atoms with Gasteiger partial charge in [0.15, 0.2) is 0 Å². The first-order valence-corrected chi connectivity index (χ1v) is 10.0. The highest BCUT2D eigenvalue weighted by atomic mass is 16.2. The molecule has 7 heteroatoms. The van der Waals surface area contributed by atoms with E-state index in [0.717, 1.165) is 11.3 Å². The molecule has 1 saturated heterocycles. The number of amides is 1. The number of piperazine rings is 1. The maximum absolute atomic E-state index is 13.3. The number of carbonyl (C=O) groups excluding carboxylic acids is 1. The summed E-state index contributed by atoms with van der Waals surface area (Å²) in [6, 6.07) is 20.3. The Morgan fingerprint density at radius 1 is 1.16 bits per heavy atom. The average molecular weight is 410 g/mol. The molecule has 0 saturated carbocycles. The highest BCUT2D eigenvalue weighted by Crippen LogP contribution is 2.31. The van der Waals surface area contributed by atoms with Crippen molar-refractivity contribution < 1.29 is 4.79 Å². The van der Waals surface area contributed by atoms with Crippen molar-refractivity contribution in [1.29, 1.82) is 5.26 Å². The molecule has 1 N–H and O–H groups in total. The van der Waals surface area contributed by atoms with Crippen LogP contribution in [0.3, 0.4) is 0 Å². The van der Waals surface area contributed by atoms with Gasteiger partial charge in [0.1, 0.15) is 11.9 Å². The van der Waals surface area contributed by atoms with Crippen molar-refractivity contribution in [3.8, 4) is 6.07 Å². The molecule has 1 aromatic heterocycles. The predicted octanol–water partition coefficient (Wildman–Crippen LogP) is 3.67. The van der Waals surface area contributed by atoms with Crippen LogP contribution in [0.15, 0.2) is 79.5 Å². The molecule has 2 aromatic carbocycles. The zero-order chi connectivity index (χ0) is 21.6. The summed E-state index contributed by atoms with van der Waals surface area (Å²) in [7, 11) is 0. The Kier molecular flexibility index (Phi) is 5.90. The second-order valence-electron chi connectivity index (χ2n) is 7.14. The standard InChI is InChI=1S/C24H22N6O/c1-2-13-29-14-15-30(22(23(29)31)19-8-4-3-5-9-19)21-11-12-26-24(28-21)27-20-10-6-7-18(16-20)17-25/h2-12,16,22H,1,13-15H2,(H,26,27,28). The van der Waals surface area contributed by atoms with E-state index >= 15 is 0 Å². The lowest BCUT2D eigenvalue weighted by Crippen LogP contribution is -2.52. The molecule has 154 valence electrons. The summed E-state index contributed by atoms with van der Waals surface area (Å²) in [5.74, 6) is 1.09. The van der Waals surface area contributed by atoms with Crippen LogP contribution in [0.5, 0.6) is 0 Å². The molecule has 31 heavy (non-hydrogen) atoms. The zero-order valence-electron chi connectivity index (χ0n) is 17.0. The molecule has 1 fully saturated rings. The van der Waals surface area contributed by atoms with Crippen LogP contribution >= 0.6 is 0 Å². The second kappa shape index (κ2) is 9.09. The molecule has 1 atom stereocenters. The van der Waals surface area contributed by atoms with Crippen LogP contribution < -0.4 is 10.2 Å². The summed E-state index contributed by atoms with van der Waals surface area (Å²) in [5.41, 5.74) is 2.19. The largest absolute Gasteiger partial charge is 0.339 e. The molecule has 1 aliphatic rings. The lowest BCUT2D eigenvalue weighted by Gasteiger charge is -2.41. The van der Waals surface area contributed by atoms with Crippen molar-refractivity contribution in [2.45, 2.75) is 6.04 Å². The molecule has 0 aliphatic carbocycles. The smallest absolute Gasteiger partial charge is 0.250 e. The van der Waals surface area contributed by atoms with Crippen molar-refractivity contribution in [3.05, 3.63) is 90.6 Å². The van der Waals surface area contributed by atoms with Crippen LogP contribution in [0.2, 0.25) is 0 Å². The van der Waals surface area contributed by atoms with Crippen LogP contribution in [-0.2, 0) is 4.79 Å². The average Bonchev–Trinajstić information content (AvgIpc) is 2.81. The van der Waals surface area contributed by atoms with Crippen LogP contribution in [-0.4, -0.2) is 40.4 Å². The third kappa shape index (κ3) is 4.38. The Morgan fingerprint density at radius 2 is 2.00 bits per heavy atom. The SMILES string of the molecule is C=CCN1CCN(c2ccnc(Nc3cccc(C#N)c3)n2)C(c2ccccc2)C1=O. The van der Waals surface area contributed by atoms with Gasteiger partial charge in [-0.15, -0.1) is 6.58 Å². The van der Waals surface area contributed by atoms with Crippen LogP contribution in [0.25, 0.3) is 0 Å². The Hall–Kier alpha value is -4.18. The van der Waals surface area contributed by atoms with Gasteiger partial charge in [0.05, 0.1) is 11.6 Å². The van der Waals surface area contributed by atoms with Crippen molar-refractivity contribution in [2.75, 3.05) is 29.9 Å². The topological polar surface area (TPSA) is 85.2 Å². The fourth-order valence-electron chi connectivity index (χ4n) is 3.68. The molecule has 1 amide bonds. The summed E-state index contributed by atoms with van der Waals surface area (Å²) >= 11 is 0. The van der Waals surface area contributed by atoms with Gasteiger partial charge in [-0.2, -0.15) is 10.2 Å². The molecule has 3 aromatic rings. The number of nitriles is 1. The van der Waals surface area contributed by atoms with Crippen molar-refractivity contribution in [3.63, 3.8) is 0 Å². The lowest BCUT2D eigenvalue weighted by atomic mass is 10.0. The summed E-state index contributed by atoms with van der Waals surface area (Å²) in [4.78, 5) is 26.1. The van der Waals surface area contributed by atoms with E-state index in [1.165, 1.54) is 0 Å². The van der Waals surface area contributed by atoms with E-state index < -0.39 is 6.04 Å². The summed E-state index contributed by atoms with van der Waals surface area (Å²) < 4.78 is 0. The van der Waals surface area contributed by atoms with Gasteiger partial charge in [0.25, 0.3) is 0 Å². The van der Waals surface area contributed by atoms with Gasteiger partial charge in [0, 0.05) is 31.5 Å². The quantitative estimate of drug-likeness (QED) is 0.624. The normalized spacial score (nSPS) is 16.0.